The van der Waals surface area contributed by atoms with E-state index in [2.05, 4.69) is 30.3 Å². The molecular formula is C16H31N3. The zero-order valence-corrected chi connectivity index (χ0v) is 13.0. The second-order valence-electron chi connectivity index (χ2n) is 5.55. The van der Waals surface area contributed by atoms with E-state index in [4.69, 9.17) is 0 Å². The third kappa shape index (κ3) is 7.36. The number of unbranched alkanes of at least 4 members (excludes halogenated alkanes) is 4. The van der Waals surface area contributed by atoms with Crippen LogP contribution in [0.5, 0.6) is 0 Å². The number of nitrogens with one attached hydrogen (secondary N) is 1. The van der Waals surface area contributed by atoms with Crippen LogP contribution in [0, 0.1) is 0 Å². The minimum atomic E-state index is 0.667. The lowest BCUT2D eigenvalue weighted by molar-refractivity contribution is 0.415. The van der Waals surface area contributed by atoms with Gasteiger partial charge in [0.05, 0.1) is 5.69 Å². The van der Waals surface area contributed by atoms with Gasteiger partial charge in [0.25, 0.3) is 0 Å². The topological polar surface area (TPSA) is 29.9 Å². The first-order chi connectivity index (χ1) is 9.26. The summed E-state index contributed by atoms with van der Waals surface area (Å²) < 4.78 is 1.88. The minimum absolute atomic E-state index is 0.667. The lowest BCUT2D eigenvalue weighted by atomic mass is 10.0. The van der Waals surface area contributed by atoms with Crippen molar-refractivity contribution in [2.75, 3.05) is 0 Å². The van der Waals surface area contributed by atoms with E-state index in [1.807, 2.05) is 17.9 Å². The molecule has 110 valence electrons. The number of hydrogen-bond donors (Lipinski definition) is 1. The van der Waals surface area contributed by atoms with E-state index in [-0.39, 0.29) is 0 Å². The Morgan fingerprint density at radius 2 is 1.74 bits per heavy atom. The Morgan fingerprint density at radius 1 is 1.11 bits per heavy atom. The van der Waals surface area contributed by atoms with Crippen LogP contribution < -0.4 is 5.32 Å². The van der Waals surface area contributed by atoms with Gasteiger partial charge in [-0.1, -0.05) is 52.4 Å². The first-order valence-electron chi connectivity index (χ1n) is 7.98. The molecule has 0 fully saturated rings. The van der Waals surface area contributed by atoms with E-state index in [1.54, 1.807) is 0 Å². The van der Waals surface area contributed by atoms with E-state index in [0.717, 1.165) is 12.2 Å². The standard InChI is InChI=1S/C16H31N3/c1-4-6-8-10-15(11-9-7-5-2)17-14-16-12-13-19(3)18-16/h12-13,15,17H,4-11,14H2,1-3H3. The molecule has 3 heteroatoms. The van der Waals surface area contributed by atoms with Crippen LogP contribution in [0.2, 0.25) is 0 Å². The Bertz CT molecular complexity index is 310. The van der Waals surface area contributed by atoms with Crippen molar-refractivity contribution in [3.05, 3.63) is 18.0 Å². The molecule has 0 aromatic carbocycles. The van der Waals surface area contributed by atoms with Gasteiger partial charge in [-0.2, -0.15) is 5.10 Å². The highest BCUT2D eigenvalue weighted by Crippen LogP contribution is 2.11. The lowest BCUT2D eigenvalue weighted by Gasteiger charge is -2.18. The van der Waals surface area contributed by atoms with Gasteiger partial charge in [-0.25, -0.2) is 0 Å². The molecule has 0 atom stereocenters. The van der Waals surface area contributed by atoms with Crippen molar-refractivity contribution < 1.29 is 0 Å². The Balaban J connectivity index is 2.29. The molecule has 0 aliphatic heterocycles. The number of aromatic nitrogens is 2. The van der Waals surface area contributed by atoms with Crippen molar-refractivity contribution in [3.8, 4) is 0 Å². The van der Waals surface area contributed by atoms with E-state index < -0.39 is 0 Å². The van der Waals surface area contributed by atoms with Crippen molar-refractivity contribution in [1.29, 1.82) is 0 Å². The van der Waals surface area contributed by atoms with Gasteiger partial charge < -0.3 is 5.32 Å². The zero-order valence-electron chi connectivity index (χ0n) is 13.0. The highest BCUT2D eigenvalue weighted by Gasteiger charge is 2.08. The molecule has 0 unspecified atom stereocenters. The average Bonchev–Trinajstić information content (AvgIpc) is 2.81. The average molecular weight is 265 g/mol. The molecule has 1 aromatic heterocycles. The van der Waals surface area contributed by atoms with Crippen molar-refractivity contribution in [1.82, 2.24) is 15.1 Å². The summed E-state index contributed by atoms with van der Waals surface area (Å²) in [6.45, 7) is 5.45. The van der Waals surface area contributed by atoms with Crippen molar-refractivity contribution in [3.63, 3.8) is 0 Å². The Morgan fingerprint density at radius 3 is 2.21 bits per heavy atom. The predicted octanol–water partition coefficient (Wildman–Crippen LogP) is 4.04. The maximum atomic E-state index is 4.43. The summed E-state index contributed by atoms with van der Waals surface area (Å²) in [5.74, 6) is 0. The molecule has 0 saturated carbocycles. The smallest absolute Gasteiger partial charge is 0.0762 e. The maximum Gasteiger partial charge on any atom is 0.0762 e. The molecule has 0 aliphatic carbocycles. The van der Waals surface area contributed by atoms with Gasteiger partial charge in [0.2, 0.25) is 0 Å². The monoisotopic (exact) mass is 265 g/mol. The normalized spacial score (nSPS) is 11.4. The van der Waals surface area contributed by atoms with Gasteiger partial charge in [0, 0.05) is 25.8 Å². The first-order valence-corrected chi connectivity index (χ1v) is 7.98. The fourth-order valence-electron chi connectivity index (χ4n) is 2.44. The Labute approximate surface area is 118 Å². The summed E-state index contributed by atoms with van der Waals surface area (Å²) in [6.07, 6.45) is 12.7. The van der Waals surface area contributed by atoms with Crippen LogP contribution in [0.25, 0.3) is 0 Å². The van der Waals surface area contributed by atoms with Crippen LogP contribution in [-0.2, 0) is 13.6 Å². The number of nitrogens with zero attached hydrogens (tertiary/aromatic N) is 2. The molecule has 0 amide bonds. The lowest BCUT2D eigenvalue weighted by Crippen LogP contribution is -2.28. The minimum Gasteiger partial charge on any atom is -0.308 e. The number of rotatable bonds is 11. The van der Waals surface area contributed by atoms with Gasteiger partial charge in [0.15, 0.2) is 0 Å². The molecule has 1 rings (SSSR count). The summed E-state index contributed by atoms with van der Waals surface area (Å²) >= 11 is 0. The molecule has 0 aliphatic rings. The number of hydrogen-bond acceptors (Lipinski definition) is 2. The van der Waals surface area contributed by atoms with E-state index >= 15 is 0 Å². The molecule has 3 nitrogen and oxygen atoms in total. The van der Waals surface area contributed by atoms with Crippen molar-refractivity contribution >= 4 is 0 Å². The molecule has 1 heterocycles. The molecule has 1 aromatic rings. The molecule has 19 heavy (non-hydrogen) atoms. The maximum absolute atomic E-state index is 4.43. The van der Waals surface area contributed by atoms with Crippen LogP contribution in [0.15, 0.2) is 12.3 Å². The highest BCUT2D eigenvalue weighted by atomic mass is 15.3. The second kappa shape index (κ2) is 10.0. The largest absolute Gasteiger partial charge is 0.308 e. The first kappa shape index (κ1) is 16.2. The summed E-state index contributed by atoms with van der Waals surface area (Å²) in [4.78, 5) is 0. The van der Waals surface area contributed by atoms with Crippen molar-refractivity contribution in [2.24, 2.45) is 7.05 Å². The van der Waals surface area contributed by atoms with E-state index in [1.165, 1.54) is 51.4 Å². The third-order valence-electron chi connectivity index (χ3n) is 3.65. The third-order valence-corrected chi connectivity index (χ3v) is 3.65. The predicted molar refractivity (Wildman–Crippen MR) is 82.1 cm³/mol. The van der Waals surface area contributed by atoms with Crippen molar-refractivity contribution in [2.45, 2.75) is 77.8 Å². The van der Waals surface area contributed by atoms with Crippen LogP contribution in [0.3, 0.4) is 0 Å². The fraction of sp³-hybridized carbons (Fsp3) is 0.812. The molecule has 0 saturated heterocycles. The second-order valence-corrected chi connectivity index (χ2v) is 5.55. The van der Waals surface area contributed by atoms with E-state index in [9.17, 15) is 0 Å². The summed E-state index contributed by atoms with van der Waals surface area (Å²) in [6, 6.07) is 2.77. The van der Waals surface area contributed by atoms with E-state index in [0.29, 0.717) is 6.04 Å². The zero-order chi connectivity index (χ0) is 13.9. The summed E-state index contributed by atoms with van der Waals surface area (Å²) in [7, 11) is 1.98. The van der Waals surface area contributed by atoms with Crippen LogP contribution in [-0.4, -0.2) is 15.8 Å². The summed E-state index contributed by atoms with van der Waals surface area (Å²) in [5.41, 5.74) is 1.15. The van der Waals surface area contributed by atoms with Crippen LogP contribution in [0.1, 0.15) is 70.9 Å². The SMILES string of the molecule is CCCCCC(CCCCC)NCc1ccn(C)n1. The van der Waals surface area contributed by atoms with Crippen LogP contribution in [0.4, 0.5) is 0 Å². The summed E-state index contributed by atoms with van der Waals surface area (Å²) in [5, 5.41) is 8.12. The molecule has 0 radical (unpaired) electrons. The molecule has 1 N–H and O–H groups in total. The highest BCUT2D eigenvalue weighted by molar-refractivity contribution is 4.98. The Kier molecular flexibility index (Phi) is 8.55. The van der Waals surface area contributed by atoms with Gasteiger partial charge in [-0.3, -0.25) is 4.68 Å². The van der Waals surface area contributed by atoms with Gasteiger partial charge in [-0.05, 0) is 18.9 Å². The van der Waals surface area contributed by atoms with Crippen LogP contribution >= 0.6 is 0 Å². The fourth-order valence-corrected chi connectivity index (χ4v) is 2.44. The number of aryl methyl sites for hydroxylation is 1. The molecule has 0 spiro atoms. The molecule has 0 bridgehead atoms. The van der Waals surface area contributed by atoms with Gasteiger partial charge >= 0.3 is 0 Å². The molecular weight excluding hydrogens is 234 g/mol. The van der Waals surface area contributed by atoms with Gasteiger partial charge in [-0.15, -0.1) is 0 Å². The quantitative estimate of drug-likeness (QED) is 0.612. The van der Waals surface area contributed by atoms with Gasteiger partial charge in [0.1, 0.15) is 0 Å². The Hall–Kier alpha value is -0.830.